The number of halogens is 1. The maximum absolute atomic E-state index is 13.0. The molecule has 0 aliphatic rings. The van der Waals surface area contributed by atoms with Crippen molar-refractivity contribution in [3.8, 4) is 5.75 Å². The molecule has 0 unspecified atom stereocenters. The van der Waals surface area contributed by atoms with Crippen molar-refractivity contribution < 1.29 is 13.7 Å². The summed E-state index contributed by atoms with van der Waals surface area (Å²) < 4.78 is 22.9. The summed E-state index contributed by atoms with van der Waals surface area (Å²) in [4.78, 5) is 0. The van der Waals surface area contributed by atoms with Crippen LogP contribution in [0.5, 0.6) is 5.75 Å². The highest BCUT2D eigenvalue weighted by molar-refractivity contribution is 5.43. The minimum absolute atomic E-state index is 0.104. The van der Waals surface area contributed by atoms with Crippen molar-refractivity contribution in [3.63, 3.8) is 0 Å². The zero-order valence-electron chi connectivity index (χ0n) is 7.81. The molecule has 0 saturated heterocycles. The summed E-state index contributed by atoms with van der Waals surface area (Å²) in [5.74, 6) is -0.0688. The normalized spacial score (nSPS) is 10.2. The number of hydrogen-bond acceptors (Lipinski definition) is 4. The van der Waals surface area contributed by atoms with Crippen LogP contribution in [0.15, 0.2) is 35.2 Å². The molecular weight excluding hydrogens is 199 g/mol. The lowest BCUT2D eigenvalue weighted by molar-refractivity contribution is 0.303. The van der Waals surface area contributed by atoms with Gasteiger partial charge in [0.25, 0.3) is 0 Å². The van der Waals surface area contributed by atoms with Gasteiger partial charge in [0.2, 0.25) is 0 Å². The fourth-order valence-corrected chi connectivity index (χ4v) is 1.06. The Morgan fingerprint density at radius 3 is 3.00 bits per heavy atom. The smallest absolute Gasteiger partial charge is 0.149 e. The van der Waals surface area contributed by atoms with Crippen LogP contribution < -0.4 is 10.5 Å². The molecule has 2 rings (SSSR count). The number of nitrogens with two attached hydrogens (primary N) is 1. The highest BCUT2D eigenvalue weighted by Gasteiger charge is 2.02. The Morgan fingerprint density at radius 1 is 1.47 bits per heavy atom. The predicted octanol–water partition coefficient (Wildman–Crippen LogP) is 1.97. The van der Waals surface area contributed by atoms with E-state index in [9.17, 15) is 4.39 Å². The lowest BCUT2D eigenvalue weighted by Gasteiger charge is -2.04. The second kappa shape index (κ2) is 4.00. The van der Waals surface area contributed by atoms with Crippen molar-refractivity contribution in [1.29, 1.82) is 0 Å². The van der Waals surface area contributed by atoms with Gasteiger partial charge in [-0.2, -0.15) is 0 Å². The lowest BCUT2D eigenvalue weighted by atomic mass is 10.3. The van der Waals surface area contributed by atoms with Gasteiger partial charge in [-0.1, -0.05) is 5.16 Å². The molecular formula is C10H9FN2O2. The van der Waals surface area contributed by atoms with E-state index in [0.717, 1.165) is 5.56 Å². The second-order valence-corrected chi connectivity index (χ2v) is 3.00. The van der Waals surface area contributed by atoms with Gasteiger partial charge in [0.05, 0.1) is 11.9 Å². The van der Waals surface area contributed by atoms with E-state index < -0.39 is 5.82 Å². The topological polar surface area (TPSA) is 61.3 Å². The summed E-state index contributed by atoms with van der Waals surface area (Å²) in [5.41, 5.74) is 6.21. The molecule has 1 aromatic heterocycles. The number of ether oxygens (including phenoxy) is 1. The Kier molecular flexibility index (Phi) is 2.53. The maximum Gasteiger partial charge on any atom is 0.149 e. The monoisotopic (exact) mass is 208 g/mol. The molecule has 0 atom stereocenters. The fraction of sp³-hybridized carbons (Fsp3) is 0.100. The highest BCUT2D eigenvalue weighted by atomic mass is 19.1. The molecule has 78 valence electrons. The lowest BCUT2D eigenvalue weighted by Crippen LogP contribution is -1.96. The van der Waals surface area contributed by atoms with Gasteiger partial charge in [0.15, 0.2) is 0 Å². The molecule has 5 heteroatoms. The highest BCUT2D eigenvalue weighted by Crippen LogP contribution is 2.18. The van der Waals surface area contributed by atoms with Crippen LogP contribution in [0.25, 0.3) is 0 Å². The van der Waals surface area contributed by atoms with Gasteiger partial charge in [-0.3, -0.25) is 0 Å². The number of nitrogen functional groups attached to an aromatic ring is 1. The Bertz CT molecular complexity index is 443. The first kappa shape index (κ1) is 9.51. The molecule has 0 bridgehead atoms. The Labute approximate surface area is 85.4 Å². The van der Waals surface area contributed by atoms with E-state index in [1.54, 1.807) is 6.07 Å². The maximum atomic E-state index is 13.0. The van der Waals surface area contributed by atoms with Gasteiger partial charge in [-0.25, -0.2) is 4.39 Å². The van der Waals surface area contributed by atoms with Crippen molar-refractivity contribution in [2.75, 3.05) is 5.73 Å². The molecule has 2 aromatic rings. The molecule has 0 amide bonds. The van der Waals surface area contributed by atoms with Crippen molar-refractivity contribution in [1.82, 2.24) is 5.16 Å². The van der Waals surface area contributed by atoms with Crippen LogP contribution in [0.2, 0.25) is 0 Å². The summed E-state index contributed by atoms with van der Waals surface area (Å²) >= 11 is 0. The van der Waals surface area contributed by atoms with Crippen LogP contribution in [0.3, 0.4) is 0 Å². The third-order valence-corrected chi connectivity index (χ3v) is 1.86. The van der Waals surface area contributed by atoms with Crippen molar-refractivity contribution in [2.24, 2.45) is 0 Å². The van der Waals surface area contributed by atoms with Crippen LogP contribution in [0.4, 0.5) is 10.1 Å². The molecule has 0 spiro atoms. The third-order valence-electron chi connectivity index (χ3n) is 1.86. The van der Waals surface area contributed by atoms with Crippen LogP contribution in [0.1, 0.15) is 5.56 Å². The van der Waals surface area contributed by atoms with Crippen LogP contribution in [-0.4, -0.2) is 5.16 Å². The molecule has 0 aliphatic carbocycles. The zero-order valence-corrected chi connectivity index (χ0v) is 7.81. The first-order valence-electron chi connectivity index (χ1n) is 4.32. The largest absolute Gasteiger partial charge is 0.489 e. The minimum atomic E-state index is -0.488. The van der Waals surface area contributed by atoms with E-state index in [-0.39, 0.29) is 12.3 Å². The first-order valence-corrected chi connectivity index (χ1v) is 4.32. The number of benzene rings is 1. The minimum Gasteiger partial charge on any atom is -0.489 e. The molecule has 0 aliphatic heterocycles. The standard InChI is InChI=1S/C10H9FN2O2/c11-9-3-8(1-2-10(9)12)14-5-7-4-13-15-6-7/h1-4,6H,5,12H2. The van der Waals surface area contributed by atoms with E-state index in [1.807, 2.05) is 0 Å². The summed E-state index contributed by atoms with van der Waals surface area (Å²) in [6.45, 7) is 0.285. The molecule has 0 saturated carbocycles. The number of rotatable bonds is 3. The van der Waals surface area contributed by atoms with Gasteiger partial charge in [-0.15, -0.1) is 0 Å². The molecule has 0 fully saturated rings. The number of hydrogen-bond donors (Lipinski definition) is 1. The number of anilines is 1. The molecule has 0 radical (unpaired) electrons. The number of aromatic nitrogens is 1. The van der Waals surface area contributed by atoms with E-state index in [0.29, 0.717) is 5.75 Å². The summed E-state index contributed by atoms with van der Waals surface area (Å²) in [6.07, 6.45) is 3.00. The summed E-state index contributed by atoms with van der Waals surface area (Å²) in [6, 6.07) is 4.30. The predicted molar refractivity (Wildman–Crippen MR) is 51.6 cm³/mol. The molecule has 4 nitrogen and oxygen atoms in total. The van der Waals surface area contributed by atoms with E-state index in [1.165, 1.54) is 24.6 Å². The SMILES string of the molecule is Nc1ccc(OCc2cnoc2)cc1F. The van der Waals surface area contributed by atoms with Gasteiger partial charge >= 0.3 is 0 Å². The molecule has 15 heavy (non-hydrogen) atoms. The molecule has 1 heterocycles. The average Bonchev–Trinajstić information content (AvgIpc) is 2.73. The molecule has 1 aromatic carbocycles. The third kappa shape index (κ3) is 2.25. The van der Waals surface area contributed by atoms with Crippen molar-refractivity contribution in [2.45, 2.75) is 6.61 Å². The number of nitrogens with zero attached hydrogens (tertiary/aromatic N) is 1. The Morgan fingerprint density at radius 2 is 2.33 bits per heavy atom. The fourth-order valence-electron chi connectivity index (χ4n) is 1.06. The summed E-state index contributed by atoms with van der Waals surface area (Å²) in [5, 5.41) is 3.52. The van der Waals surface area contributed by atoms with Crippen molar-refractivity contribution >= 4 is 5.69 Å². The quantitative estimate of drug-likeness (QED) is 0.783. The van der Waals surface area contributed by atoms with Gasteiger partial charge in [0, 0.05) is 11.6 Å². The average molecular weight is 208 g/mol. The van der Waals surface area contributed by atoms with Gasteiger partial charge in [0.1, 0.15) is 24.4 Å². The summed E-state index contributed by atoms with van der Waals surface area (Å²) in [7, 11) is 0. The molecule has 2 N–H and O–H groups in total. The van der Waals surface area contributed by atoms with Gasteiger partial charge < -0.3 is 15.0 Å². The Balaban J connectivity index is 2.02. The second-order valence-electron chi connectivity index (χ2n) is 3.00. The first-order chi connectivity index (χ1) is 7.25. The van der Waals surface area contributed by atoms with E-state index in [2.05, 4.69) is 9.68 Å². The van der Waals surface area contributed by atoms with E-state index in [4.69, 9.17) is 10.5 Å². The van der Waals surface area contributed by atoms with E-state index >= 15 is 0 Å². The zero-order chi connectivity index (χ0) is 10.7. The van der Waals surface area contributed by atoms with Gasteiger partial charge in [-0.05, 0) is 12.1 Å². The van der Waals surface area contributed by atoms with Crippen LogP contribution in [0, 0.1) is 5.82 Å². The van der Waals surface area contributed by atoms with Crippen molar-refractivity contribution in [3.05, 3.63) is 42.0 Å². The van der Waals surface area contributed by atoms with Crippen LogP contribution >= 0.6 is 0 Å². The van der Waals surface area contributed by atoms with Crippen LogP contribution in [-0.2, 0) is 6.61 Å². The Hall–Kier alpha value is -2.04.